The van der Waals surface area contributed by atoms with Gasteiger partial charge in [-0.25, -0.2) is 0 Å². The summed E-state index contributed by atoms with van der Waals surface area (Å²) in [7, 11) is 0. The average Bonchev–Trinajstić information content (AvgIpc) is 3.17. The minimum atomic E-state index is -0.342. The maximum atomic E-state index is 12.2. The van der Waals surface area contributed by atoms with Crippen molar-refractivity contribution in [2.24, 2.45) is 0 Å². The molecule has 0 fully saturated rings. The number of nitrogens with one attached hydrogen (secondary N) is 2. The predicted molar refractivity (Wildman–Crippen MR) is 91.7 cm³/mol. The Morgan fingerprint density at radius 3 is 2.77 bits per heavy atom. The second-order valence-corrected chi connectivity index (χ2v) is 5.62. The molecule has 4 rings (SSSR count). The van der Waals surface area contributed by atoms with Gasteiger partial charge in [0.1, 0.15) is 5.75 Å². The third-order valence-electron chi connectivity index (χ3n) is 3.94. The van der Waals surface area contributed by atoms with Crippen LogP contribution < -0.4 is 15.0 Å². The molecule has 3 aromatic rings. The number of H-pyrrole nitrogens is 1. The molecule has 0 aliphatic carbocycles. The first-order valence-electron chi connectivity index (χ1n) is 7.86. The van der Waals surface area contributed by atoms with Gasteiger partial charge in [-0.2, -0.15) is 5.21 Å². The van der Waals surface area contributed by atoms with Crippen molar-refractivity contribution in [1.29, 1.82) is 0 Å². The van der Waals surface area contributed by atoms with Gasteiger partial charge in [0.25, 0.3) is 17.8 Å². The topological polar surface area (TPSA) is 113 Å². The Labute approximate surface area is 148 Å². The number of fused-ring (bicyclic) bond motifs is 1. The Morgan fingerprint density at radius 2 is 2.00 bits per heavy atom. The van der Waals surface area contributed by atoms with Crippen molar-refractivity contribution in [2.45, 2.75) is 6.54 Å². The van der Waals surface area contributed by atoms with Crippen LogP contribution in [0.4, 0.5) is 11.6 Å². The molecule has 0 saturated heterocycles. The third-order valence-corrected chi connectivity index (χ3v) is 3.94. The molecule has 2 amide bonds. The number of carbonyl (C=O) groups excluding carboxylic acids is 2. The summed E-state index contributed by atoms with van der Waals surface area (Å²) in [5, 5.41) is 15.5. The van der Waals surface area contributed by atoms with E-state index >= 15 is 0 Å². The van der Waals surface area contributed by atoms with E-state index in [1.807, 2.05) is 24.3 Å². The van der Waals surface area contributed by atoms with Crippen molar-refractivity contribution in [2.75, 3.05) is 16.8 Å². The summed E-state index contributed by atoms with van der Waals surface area (Å²) < 4.78 is 5.44. The Bertz CT molecular complexity index is 939. The fourth-order valence-corrected chi connectivity index (χ4v) is 2.66. The molecular formula is C17H14N6O3. The van der Waals surface area contributed by atoms with Crippen LogP contribution in [0.3, 0.4) is 0 Å². The van der Waals surface area contributed by atoms with Crippen LogP contribution in [-0.4, -0.2) is 39.0 Å². The summed E-state index contributed by atoms with van der Waals surface area (Å²) >= 11 is 0. The highest BCUT2D eigenvalue weighted by atomic mass is 16.5. The summed E-state index contributed by atoms with van der Waals surface area (Å²) in [4.78, 5) is 26.0. The van der Waals surface area contributed by atoms with Gasteiger partial charge >= 0.3 is 0 Å². The highest BCUT2D eigenvalue weighted by Crippen LogP contribution is 2.32. The van der Waals surface area contributed by atoms with Crippen LogP contribution in [0.25, 0.3) is 0 Å². The monoisotopic (exact) mass is 350 g/mol. The van der Waals surface area contributed by atoms with Gasteiger partial charge in [0, 0.05) is 5.56 Å². The standard InChI is InChI=1S/C17H14N6O3/c24-15-10-26-14-4-2-1-3-13(14)23(15)9-11-5-7-12(8-6-11)16(25)18-17-19-21-22-20-17/h1-8H,9-10H2,(H2,18,19,20,21,22,25). The molecule has 26 heavy (non-hydrogen) atoms. The number of aromatic amines is 1. The van der Waals surface area contributed by atoms with Gasteiger partial charge in [0.15, 0.2) is 6.61 Å². The number of nitrogens with zero attached hydrogens (tertiary/aromatic N) is 4. The predicted octanol–water partition coefficient (Wildman–Crippen LogP) is 1.38. The summed E-state index contributed by atoms with van der Waals surface area (Å²) in [6.07, 6.45) is 0. The average molecular weight is 350 g/mol. The van der Waals surface area contributed by atoms with Gasteiger partial charge in [-0.05, 0) is 35.0 Å². The molecule has 0 radical (unpaired) electrons. The number of ether oxygens (including phenoxy) is 1. The Kier molecular flexibility index (Phi) is 4.02. The quantitative estimate of drug-likeness (QED) is 0.735. The summed E-state index contributed by atoms with van der Waals surface area (Å²) in [6, 6.07) is 14.4. The molecule has 1 aliphatic heterocycles. The molecule has 130 valence electrons. The van der Waals surface area contributed by atoms with Gasteiger partial charge in [-0.3, -0.25) is 14.9 Å². The van der Waals surface area contributed by atoms with Crippen LogP contribution in [0.1, 0.15) is 15.9 Å². The summed E-state index contributed by atoms with van der Waals surface area (Å²) in [6.45, 7) is 0.411. The minimum Gasteiger partial charge on any atom is -0.482 e. The van der Waals surface area contributed by atoms with Gasteiger partial charge in [0.05, 0.1) is 12.2 Å². The molecule has 0 saturated carbocycles. The van der Waals surface area contributed by atoms with E-state index in [0.717, 1.165) is 11.3 Å². The van der Waals surface area contributed by atoms with Gasteiger partial charge in [-0.15, -0.1) is 5.10 Å². The molecule has 1 aliphatic rings. The van der Waals surface area contributed by atoms with Crippen LogP contribution >= 0.6 is 0 Å². The highest BCUT2D eigenvalue weighted by molar-refractivity contribution is 6.03. The van der Waals surface area contributed by atoms with E-state index in [9.17, 15) is 9.59 Å². The van der Waals surface area contributed by atoms with Crippen LogP contribution in [0.15, 0.2) is 48.5 Å². The molecule has 2 N–H and O–H groups in total. The number of hydrogen-bond donors (Lipinski definition) is 2. The van der Waals surface area contributed by atoms with Crippen LogP contribution in [0.2, 0.25) is 0 Å². The lowest BCUT2D eigenvalue weighted by molar-refractivity contribution is -0.121. The number of rotatable bonds is 4. The van der Waals surface area contributed by atoms with Crippen molar-refractivity contribution in [1.82, 2.24) is 20.6 Å². The van der Waals surface area contributed by atoms with E-state index in [1.54, 1.807) is 29.2 Å². The molecule has 2 aromatic carbocycles. The lowest BCUT2D eigenvalue weighted by Gasteiger charge is -2.29. The second kappa shape index (κ2) is 6.63. The first-order chi connectivity index (χ1) is 12.7. The highest BCUT2D eigenvalue weighted by Gasteiger charge is 2.25. The van der Waals surface area contributed by atoms with E-state index < -0.39 is 0 Å². The number of hydrogen-bond acceptors (Lipinski definition) is 6. The number of aromatic nitrogens is 4. The molecular weight excluding hydrogens is 336 g/mol. The third kappa shape index (κ3) is 3.09. The maximum absolute atomic E-state index is 12.2. The molecule has 9 heteroatoms. The Hall–Kier alpha value is -3.75. The van der Waals surface area contributed by atoms with Crippen LogP contribution in [-0.2, 0) is 11.3 Å². The normalized spacial score (nSPS) is 13.1. The van der Waals surface area contributed by atoms with Crippen molar-refractivity contribution < 1.29 is 14.3 Å². The van der Waals surface area contributed by atoms with Crippen molar-refractivity contribution in [3.63, 3.8) is 0 Å². The zero-order valence-electron chi connectivity index (χ0n) is 13.5. The maximum Gasteiger partial charge on any atom is 0.270 e. The van der Waals surface area contributed by atoms with E-state index in [1.165, 1.54) is 0 Å². The van der Waals surface area contributed by atoms with Gasteiger partial charge in [-0.1, -0.05) is 29.4 Å². The zero-order valence-corrected chi connectivity index (χ0v) is 13.5. The van der Waals surface area contributed by atoms with E-state index in [2.05, 4.69) is 25.9 Å². The van der Waals surface area contributed by atoms with Crippen molar-refractivity contribution in [3.8, 4) is 5.75 Å². The van der Waals surface area contributed by atoms with Crippen molar-refractivity contribution in [3.05, 3.63) is 59.7 Å². The fraction of sp³-hybridized carbons (Fsp3) is 0.118. The first kappa shape index (κ1) is 15.8. The van der Waals surface area contributed by atoms with E-state index in [0.29, 0.717) is 17.9 Å². The summed E-state index contributed by atoms with van der Waals surface area (Å²) in [5.41, 5.74) is 2.08. The number of amides is 2. The molecule has 0 atom stereocenters. The number of para-hydroxylation sites is 2. The van der Waals surface area contributed by atoms with Gasteiger partial charge < -0.3 is 9.64 Å². The lowest BCUT2D eigenvalue weighted by Crippen LogP contribution is -2.38. The molecule has 9 nitrogen and oxygen atoms in total. The SMILES string of the molecule is O=C(Nc1nn[nH]n1)c1ccc(CN2C(=O)COc3ccccc32)cc1. The number of tetrazole rings is 1. The molecule has 1 aromatic heterocycles. The zero-order chi connectivity index (χ0) is 17.9. The van der Waals surface area contributed by atoms with E-state index in [4.69, 9.17) is 4.74 Å². The second-order valence-electron chi connectivity index (χ2n) is 5.62. The number of benzene rings is 2. The fourth-order valence-electron chi connectivity index (χ4n) is 2.66. The number of anilines is 2. The molecule has 0 bridgehead atoms. The molecule has 0 spiro atoms. The van der Waals surface area contributed by atoms with Crippen molar-refractivity contribution >= 4 is 23.5 Å². The lowest BCUT2D eigenvalue weighted by atomic mass is 10.1. The minimum absolute atomic E-state index is 0.0161. The van der Waals surface area contributed by atoms with Crippen LogP contribution in [0.5, 0.6) is 5.75 Å². The van der Waals surface area contributed by atoms with Crippen LogP contribution in [0, 0.1) is 0 Å². The molecule has 0 unspecified atom stereocenters. The molecule has 2 heterocycles. The summed E-state index contributed by atoms with van der Waals surface area (Å²) in [5.74, 6) is 0.339. The Balaban J connectivity index is 1.49. The number of carbonyl (C=O) groups is 2. The van der Waals surface area contributed by atoms with E-state index in [-0.39, 0.29) is 24.4 Å². The smallest absolute Gasteiger partial charge is 0.270 e. The largest absolute Gasteiger partial charge is 0.482 e. The van der Waals surface area contributed by atoms with Gasteiger partial charge in [0.2, 0.25) is 0 Å². The Morgan fingerprint density at radius 1 is 1.19 bits per heavy atom. The first-order valence-corrected chi connectivity index (χ1v) is 7.86.